The molecular formula is C15H14Si4. The van der Waals surface area contributed by atoms with E-state index in [1.54, 1.807) is 0 Å². The van der Waals surface area contributed by atoms with Crippen molar-refractivity contribution >= 4 is 49.9 Å². The predicted molar refractivity (Wildman–Crippen MR) is 87.3 cm³/mol. The van der Waals surface area contributed by atoms with Gasteiger partial charge in [0.15, 0.2) is 0 Å². The van der Waals surface area contributed by atoms with E-state index in [9.17, 15) is 0 Å². The third kappa shape index (κ3) is 4.72. The molecule has 2 aromatic carbocycles. The lowest BCUT2D eigenvalue weighted by Crippen LogP contribution is -2.40. The van der Waals surface area contributed by atoms with Crippen LogP contribution in [0.15, 0.2) is 48.5 Å². The molecule has 0 fully saturated rings. The maximum absolute atomic E-state index is 3.89. The summed E-state index contributed by atoms with van der Waals surface area (Å²) in [6.45, 7) is 4.24. The molecule has 0 heterocycles. The lowest BCUT2D eigenvalue weighted by Gasteiger charge is -2.22. The molecule has 0 N–H and O–H groups in total. The Bertz CT molecular complexity index is 480. The monoisotopic (exact) mass is 306 g/mol. The SMILES string of the molecule is Cc1ccc([Si]C([Si])([Si])[Si]c2ccc(C)cc2)cc1. The fourth-order valence-corrected chi connectivity index (χ4v) is 6.12. The number of aryl methyl sites for hydroxylation is 2. The molecular weight excluding hydrogens is 293 g/mol. The highest BCUT2D eigenvalue weighted by Gasteiger charge is 2.21. The van der Waals surface area contributed by atoms with Gasteiger partial charge in [-0.25, -0.2) is 0 Å². The van der Waals surface area contributed by atoms with Gasteiger partial charge in [-0.05, 0) is 13.8 Å². The zero-order chi connectivity index (χ0) is 13.9. The zero-order valence-corrected chi connectivity index (χ0v) is 15.1. The summed E-state index contributed by atoms with van der Waals surface area (Å²) in [5.74, 6) is 0. The number of hydrogen-bond acceptors (Lipinski definition) is 0. The molecule has 0 aliphatic rings. The molecule has 90 valence electrons. The van der Waals surface area contributed by atoms with Gasteiger partial charge in [-0.2, -0.15) is 0 Å². The fourth-order valence-electron chi connectivity index (χ4n) is 1.74. The maximum atomic E-state index is 3.89. The first kappa shape index (κ1) is 14.7. The van der Waals surface area contributed by atoms with E-state index in [0.717, 1.165) is 0 Å². The van der Waals surface area contributed by atoms with Crippen LogP contribution < -0.4 is 10.4 Å². The third-order valence-corrected chi connectivity index (χ3v) is 7.01. The van der Waals surface area contributed by atoms with E-state index < -0.39 is 0 Å². The summed E-state index contributed by atoms with van der Waals surface area (Å²) in [6.07, 6.45) is 0. The molecule has 0 amide bonds. The minimum absolute atomic E-state index is 0.0372. The second-order valence-electron chi connectivity index (χ2n) is 4.73. The van der Waals surface area contributed by atoms with Crippen molar-refractivity contribution in [2.24, 2.45) is 0 Å². The maximum Gasteiger partial charge on any atom is 0.0773 e. The van der Waals surface area contributed by atoms with Crippen LogP contribution in [0.5, 0.6) is 0 Å². The summed E-state index contributed by atoms with van der Waals surface area (Å²) in [7, 11) is 9.16. The van der Waals surface area contributed by atoms with Gasteiger partial charge in [-0.3, -0.25) is 0 Å². The molecule has 4 heteroatoms. The summed E-state index contributed by atoms with van der Waals surface area (Å²) < 4.78 is -0.0372. The predicted octanol–water partition coefficient (Wildman–Crippen LogP) is 1.03. The first-order valence-electron chi connectivity index (χ1n) is 6.14. The van der Waals surface area contributed by atoms with Gasteiger partial charge >= 0.3 is 0 Å². The van der Waals surface area contributed by atoms with Crippen molar-refractivity contribution < 1.29 is 0 Å². The van der Waals surface area contributed by atoms with E-state index in [1.807, 2.05) is 0 Å². The lowest BCUT2D eigenvalue weighted by molar-refractivity contribution is 1.48. The smallest absolute Gasteiger partial charge is 0.0646 e. The van der Waals surface area contributed by atoms with Crippen LogP contribution in [-0.2, 0) is 0 Å². The van der Waals surface area contributed by atoms with Crippen molar-refractivity contribution in [3.05, 3.63) is 59.7 Å². The van der Waals surface area contributed by atoms with Crippen LogP contribution in [0.25, 0.3) is 0 Å². The Hall–Kier alpha value is -0.692. The largest absolute Gasteiger partial charge is 0.0773 e. The van der Waals surface area contributed by atoms with E-state index in [2.05, 4.69) is 82.9 Å². The quantitative estimate of drug-likeness (QED) is 0.740. The van der Waals surface area contributed by atoms with Crippen molar-refractivity contribution in [1.82, 2.24) is 0 Å². The Labute approximate surface area is 127 Å². The first-order chi connectivity index (χ1) is 8.94. The molecule has 0 atom stereocenters. The molecule has 0 spiro atoms. The molecule has 0 aliphatic heterocycles. The molecule has 0 aliphatic carbocycles. The van der Waals surface area contributed by atoms with Gasteiger partial charge in [-0.15, -0.1) is 0 Å². The molecule has 19 heavy (non-hydrogen) atoms. The zero-order valence-electron chi connectivity index (χ0n) is 11.1. The van der Waals surface area contributed by atoms with Gasteiger partial charge in [0, 0.05) is 20.5 Å². The molecule has 0 unspecified atom stereocenters. The summed E-state index contributed by atoms with van der Waals surface area (Å²) >= 11 is 0. The average molecular weight is 307 g/mol. The van der Waals surface area contributed by atoms with Crippen molar-refractivity contribution in [3.8, 4) is 0 Å². The van der Waals surface area contributed by atoms with E-state index in [1.165, 1.54) is 21.5 Å². The Morgan fingerprint density at radius 3 is 1.32 bits per heavy atom. The van der Waals surface area contributed by atoms with Crippen LogP contribution in [0.1, 0.15) is 11.1 Å². The summed E-state index contributed by atoms with van der Waals surface area (Å²) in [4.78, 5) is 0. The minimum atomic E-state index is -0.0372. The highest BCUT2D eigenvalue weighted by Crippen LogP contribution is 2.11. The molecule has 2 rings (SSSR count). The van der Waals surface area contributed by atoms with Crippen molar-refractivity contribution in [2.45, 2.75) is 17.8 Å². The van der Waals surface area contributed by atoms with Crippen LogP contribution >= 0.6 is 0 Å². The molecule has 0 aromatic heterocycles. The fraction of sp³-hybridized carbons (Fsp3) is 0.200. The van der Waals surface area contributed by atoms with Crippen LogP contribution in [0, 0.1) is 13.8 Å². The Morgan fingerprint density at radius 2 is 1.00 bits per heavy atom. The van der Waals surface area contributed by atoms with Gasteiger partial charge < -0.3 is 0 Å². The van der Waals surface area contributed by atoms with Gasteiger partial charge in [0.05, 0.1) is 19.0 Å². The molecule has 0 nitrogen and oxygen atoms in total. The number of rotatable bonds is 4. The van der Waals surface area contributed by atoms with Crippen LogP contribution in [-0.4, -0.2) is 39.5 Å². The normalized spacial score (nSPS) is 11.6. The molecule has 10 radical (unpaired) electrons. The topological polar surface area (TPSA) is 0 Å². The van der Waals surface area contributed by atoms with Gasteiger partial charge in [0.2, 0.25) is 0 Å². The molecule has 0 bridgehead atoms. The van der Waals surface area contributed by atoms with Crippen molar-refractivity contribution in [3.63, 3.8) is 0 Å². The number of hydrogen-bond donors (Lipinski definition) is 0. The second-order valence-corrected chi connectivity index (χ2v) is 12.4. The first-order valence-corrected chi connectivity index (χ1v) is 9.14. The highest BCUT2D eigenvalue weighted by molar-refractivity contribution is 6.94. The van der Waals surface area contributed by atoms with Crippen molar-refractivity contribution in [2.75, 3.05) is 0 Å². The van der Waals surface area contributed by atoms with E-state index in [0.29, 0.717) is 19.0 Å². The van der Waals surface area contributed by atoms with E-state index in [4.69, 9.17) is 0 Å². The molecule has 2 aromatic rings. The molecule has 0 saturated carbocycles. The average Bonchev–Trinajstić information content (AvgIpc) is 2.34. The standard InChI is InChI=1S/C15H14Si4/c1-11-3-7-13(8-4-11)18-15(16,17)19-14-9-5-12(2)6-10-14/h3-10H,1-2H3. The minimum Gasteiger partial charge on any atom is -0.0646 e. The van der Waals surface area contributed by atoms with Gasteiger partial charge in [0.25, 0.3) is 0 Å². The molecule has 0 saturated heterocycles. The summed E-state index contributed by atoms with van der Waals surface area (Å²) in [5.41, 5.74) is 2.62. The van der Waals surface area contributed by atoms with Crippen LogP contribution in [0.2, 0.25) is 3.91 Å². The van der Waals surface area contributed by atoms with Gasteiger partial charge in [0.1, 0.15) is 0 Å². The highest BCUT2D eigenvalue weighted by atomic mass is 28.4. The van der Waals surface area contributed by atoms with E-state index >= 15 is 0 Å². The van der Waals surface area contributed by atoms with Crippen LogP contribution in [0.4, 0.5) is 0 Å². The third-order valence-electron chi connectivity index (χ3n) is 2.77. The summed E-state index contributed by atoms with van der Waals surface area (Å²) in [6, 6.07) is 17.5. The Morgan fingerprint density at radius 1 is 0.684 bits per heavy atom. The second kappa shape index (κ2) is 6.17. The van der Waals surface area contributed by atoms with Gasteiger partial charge in [-0.1, -0.05) is 73.9 Å². The lowest BCUT2D eigenvalue weighted by atomic mass is 10.2. The Balaban J connectivity index is 2.05. The van der Waals surface area contributed by atoms with E-state index in [-0.39, 0.29) is 3.91 Å². The summed E-state index contributed by atoms with van der Waals surface area (Å²) in [5, 5.41) is 2.74. The Kier molecular flexibility index (Phi) is 4.78. The number of benzene rings is 2. The van der Waals surface area contributed by atoms with Crippen molar-refractivity contribution in [1.29, 1.82) is 0 Å². The van der Waals surface area contributed by atoms with Crippen LogP contribution in [0.3, 0.4) is 0 Å².